The third-order valence-corrected chi connectivity index (χ3v) is 3.83. The topological polar surface area (TPSA) is 74.8 Å². The molecular weight excluding hydrogens is 291 g/mol. The molecular formula is C9H11IN4. The summed E-state index contributed by atoms with van der Waals surface area (Å²) in [6, 6.07) is 1.88. The maximum Gasteiger partial charge on any atom is 0.0514 e. The van der Waals surface area contributed by atoms with Crippen molar-refractivity contribution in [1.29, 1.82) is 0 Å². The lowest BCUT2D eigenvalue weighted by molar-refractivity contribution is 1.02. The molecule has 5 heteroatoms. The molecule has 0 saturated carbocycles. The Morgan fingerprint density at radius 1 is 1.50 bits per heavy atom. The minimum absolute atomic E-state index is 0.364. The van der Waals surface area contributed by atoms with Crippen LogP contribution in [0.2, 0.25) is 0 Å². The Morgan fingerprint density at radius 3 is 2.71 bits per heavy atom. The van der Waals surface area contributed by atoms with Crippen LogP contribution in [0.25, 0.3) is 10.4 Å². The highest BCUT2D eigenvalue weighted by atomic mass is 127. The Bertz CT molecular complexity index is 408. The third-order valence-electron chi connectivity index (χ3n) is 2.21. The summed E-state index contributed by atoms with van der Waals surface area (Å²) in [6.07, 6.45) is 0. The van der Waals surface area contributed by atoms with Crippen molar-refractivity contribution in [2.45, 2.75) is 20.4 Å². The molecule has 4 nitrogen and oxygen atoms in total. The Labute approximate surface area is 96.3 Å². The number of azide groups is 1. The lowest BCUT2D eigenvalue weighted by Gasteiger charge is -2.10. The van der Waals surface area contributed by atoms with Gasteiger partial charge in [0.25, 0.3) is 0 Å². The molecule has 2 N–H and O–H groups in total. The zero-order valence-corrected chi connectivity index (χ0v) is 10.2. The molecule has 0 spiro atoms. The van der Waals surface area contributed by atoms with E-state index < -0.39 is 0 Å². The largest absolute Gasteiger partial charge is 0.398 e. The predicted molar refractivity (Wildman–Crippen MR) is 65.9 cm³/mol. The van der Waals surface area contributed by atoms with Gasteiger partial charge in [0.1, 0.15) is 0 Å². The highest BCUT2D eigenvalue weighted by molar-refractivity contribution is 14.1. The fraction of sp³-hybridized carbons (Fsp3) is 0.333. The van der Waals surface area contributed by atoms with Crippen molar-refractivity contribution in [3.05, 3.63) is 36.8 Å². The molecule has 0 radical (unpaired) electrons. The van der Waals surface area contributed by atoms with E-state index in [-0.39, 0.29) is 0 Å². The minimum atomic E-state index is 0.364. The van der Waals surface area contributed by atoms with E-state index in [1.54, 1.807) is 0 Å². The molecule has 0 amide bonds. The quantitative estimate of drug-likeness (QED) is 0.294. The summed E-state index contributed by atoms with van der Waals surface area (Å²) in [5.41, 5.74) is 18.0. The summed E-state index contributed by atoms with van der Waals surface area (Å²) in [5, 5.41) is 3.54. The predicted octanol–water partition coefficient (Wildman–Crippen LogP) is 3.30. The Balaban J connectivity index is 3.25. The van der Waals surface area contributed by atoms with Gasteiger partial charge in [-0.15, -0.1) is 0 Å². The van der Waals surface area contributed by atoms with Gasteiger partial charge in [-0.05, 0) is 64.7 Å². The molecule has 1 rings (SSSR count). The van der Waals surface area contributed by atoms with Gasteiger partial charge in [0.15, 0.2) is 0 Å². The van der Waals surface area contributed by atoms with Crippen LogP contribution in [-0.4, -0.2) is 0 Å². The van der Waals surface area contributed by atoms with Crippen molar-refractivity contribution in [2.75, 3.05) is 5.73 Å². The van der Waals surface area contributed by atoms with Crippen LogP contribution >= 0.6 is 22.6 Å². The normalized spacial score (nSPS) is 9.64. The van der Waals surface area contributed by atoms with Crippen molar-refractivity contribution < 1.29 is 0 Å². The van der Waals surface area contributed by atoms with Gasteiger partial charge in [-0.25, -0.2) is 0 Å². The van der Waals surface area contributed by atoms with Gasteiger partial charge in [-0.3, -0.25) is 0 Å². The SMILES string of the molecule is Cc1c(N)cc(CN=[N+]=[N-])c(C)c1I. The molecule has 0 atom stereocenters. The molecule has 14 heavy (non-hydrogen) atoms. The van der Waals surface area contributed by atoms with Gasteiger partial charge in [-0.1, -0.05) is 5.11 Å². The lowest BCUT2D eigenvalue weighted by Crippen LogP contribution is -1.99. The maximum atomic E-state index is 8.24. The molecule has 0 aliphatic carbocycles. The fourth-order valence-electron chi connectivity index (χ4n) is 1.23. The van der Waals surface area contributed by atoms with Crippen LogP contribution in [0.4, 0.5) is 5.69 Å². The number of halogens is 1. The highest BCUT2D eigenvalue weighted by Gasteiger charge is 2.07. The lowest BCUT2D eigenvalue weighted by atomic mass is 10.0. The van der Waals surface area contributed by atoms with E-state index in [0.29, 0.717) is 6.54 Å². The first-order chi connectivity index (χ1) is 6.57. The second-order valence-corrected chi connectivity index (χ2v) is 4.16. The average molecular weight is 302 g/mol. The first-order valence-corrected chi connectivity index (χ1v) is 5.20. The number of nitrogens with zero attached hydrogens (tertiary/aromatic N) is 3. The second kappa shape index (κ2) is 4.52. The molecule has 74 valence electrons. The van der Waals surface area contributed by atoms with E-state index in [4.69, 9.17) is 11.3 Å². The summed E-state index contributed by atoms with van der Waals surface area (Å²) in [4.78, 5) is 2.74. The van der Waals surface area contributed by atoms with E-state index in [1.807, 2.05) is 19.9 Å². The van der Waals surface area contributed by atoms with Crippen LogP contribution in [0.5, 0.6) is 0 Å². The van der Waals surface area contributed by atoms with E-state index >= 15 is 0 Å². The van der Waals surface area contributed by atoms with Crippen LogP contribution < -0.4 is 5.73 Å². The summed E-state index contributed by atoms with van der Waals surface area (Å²) in [6.45, 7) is 4.36. The monoisotopic (exact) mass is 302 g/mol. The third kappa shape index (κ3) is 2.10. The Hall–Kier alpha value is -0.940. The molecule has 0 fully saturated rings. The summed E-state index contributed by atoms with van der Waals surface area (Å²) < 4.78 is 1.14. The van der Waals surface area contributed by atoms with Gasteiger partial charge in [-0.2, -0.15) is 0 Å². The molecule has 0 aliphatic heterocycles. The second-order valence-electron chi connectivity index (χ2n) is 3.08. The summed E-state index contributed by atoms with van der Waals surface area (Å²) in [5.74, 6) is 0. The minimum Gasteiger partial charge on any atom is -0.398 e. The van der Waals surface area contributed by atoms with Crippen LogP contribution in [-0.2, 0) is 6.54 Å². The van der Waals surface area contributed by atoms with Crippen molar-refractivity contribution in [3.63, 3.8) is 0 Å². The number of nitrogens with two attached hydrogens (primary N) is 1. The molecule has 1 aromatic rings. The van der Waals surface area contributed by atoms with Gasteiger partial charge in [0.05, 0.1) is 6.54 Å². The Kier molecular flexibility index (Phi) is 3.60. The van der Waals surface area contributed by atoms with Crippen molar-refractivity contribution in [1.82, 2.24) is 0 Å². The molecule has 0 unspecified atom stereocenters. The molecule has 0 aliphatic rings. The van der Waals surface area contributed by atoms with Crippen LogP contribution in [0.15, 0.2) is 11.2 Å². The zero-order chi connectivity index (χ0) is 10.7. The number of nitrogen functional groups attached to an aromatic ring is 1. The first kappa shape index (κ1) is 11.1. The average Bonchev–Trinajstić information content (AvgIpc) is 2.18. The van der Waals surface area contributed by atoms with Gasteiger partial charge in [0.2, 0.25) is 0 Å². The fourth-order valence-corrected chi connectivity index (χ4v) is 1.88. The van der Waals surface area contributed by atoms with Crippen LogP contribution in [0.3, 0.4) is 0 Å². The highest BCUT2D eigenvalue weighted by Crippen LogP contribution is 2.25. The van der Waals surface area contributed by atoms with Gasteiger partial charge in [0, 0.05) is 14.2 Å². The van der Waals surface area contributed by atoms with Gasteiger partial charge >= 0.3 is 0 Å². The maximum absolute atomic E-state index is 8.24. The van der Waals surface area contributed by atoms with Crippen molar-refractivity contribution in [3.8, 4) is 0 Å². The summed E-state index contributed by atoms with van der Waals surface area (Å²) in [7, 11) is 0. The van der Waals surface area contributed by atoms with E-state index in [1.165, 1.54) is 0 Å². The standard InChI is InChI=1S/C9H11IN4/c1-5-7(4-13-14-12)3-8(11)6(2)9(5)10/h3H,4,11H2,1-2H3. The molecule has 1 aromatic carbocycles. The first-order valence-electron chi connectivity index (χ1n) is 4.12. The molecule has 0 saturated heterocycles. The van der Waals surface area contributed by atoms with Crippen LogP contribution in [0, 0.1) is 17.4 Å². The van der Waals surface area contributed by atoms with E-state index in [2.05, 4.69) is 32.6 Å². The van der Waals surface area contributed by atoms with Crippen molar-refractivity contribution in [2.24, 2.45) is 5.11 Å². The van der Waals surface area contributed by atoms with E-state index in [9.17, 15) is 0 Å². The smallest absolute Gasteiger partial charge is 0.0514 e. The van der Waals surface area contributed by atoms with Gasteiger partial charge < -0.3 is 5.73 Å². The number of anilines is 1. The summed E-state index contributed by atoms with van der Waals surface area (Å²) >= 11 is 2.26. The number of hydrogen-bond donors (Lipinski definition) is 1. The van der Waals surface area contributed by atoms with E-state index in [0.717, 1.165) is 25.9 Å². The molecule has 0 bridgehead atoms. The Morgan fingerprint density at radius 2 is 2.14 bits per heavy atom. The van der Waals surface area contributed by atoms with Crippen molar-refractivity contribution >= 4 is 28.3 Å². The number of rotatable bonds is 2. The molecule has 0 aromatic heterocycles. The van der Waals surface area contributed by atoms with Crippen LogP contribution in [0.1, 0.15) is 16.7 Å². The molecule has 0 heterocycles. The number of hydrogen-bond acceptors (Lipinski definition) is 2. The zero-order valence-electron chi connectivity index (χ0n) is 8.08. The number of benzene rings is 1.